The average Bonchev–Trinajstić information content (AvgIpc) is 2.51. The van der Waals surface area contributed by atoms with Gasteiger partial charge in [0, 0.05) is 6.08 Å². The van der Waals surface area contributed by atoms with Crippen LogP contribution in [0.4, 0.5) is 0 Å². The molecule has 8 heteroatoms. The van der Waals surface area contributed by atoms with Crippen molar-refractivity contribution >= 4 is 5.97 Å². The van der Waals surface area contributed by atoms with Gasteiger partial charge in [-0.3, -0.25) is 0 Å². The molecular weight excluding hydrogens is 320 g/mol. The number of allylic oxidation sites excluding steroid dienone is 2. The van der Waals surface area contributed by atoms with Gasteiger partial charge in [0.05, 0.1) is 13.2 Å². The molecule has 0 aromatic carbocycles. The Bertz CT molecular complexity index is 471. The van der Waals surface area contributed by atoms with E-state index in [1.165, 1.54) is 0 Å². The van der Waals surface area contributed by atoms with Gasteiger partial charge in [-0.1, -0.05) is 17.2 Å². The van der Waals surface area contributed by atoms with E-state index >= 15 is 0 Å². The van der Waals surface area contributed by atoms with Crippen molar-refractivity contribution in [3.63, 3.8) is 0 Å². The van der Waals surface area contributed by atoms with Gasteiger partial charge in [0.25, 0.3) is 0 Å². The Morgan fingerprint density at radius 2 is 1.79 bits per heavy atom. The lowest BCUT2D eigenvalue weighted by Gasteiger charge is -2.39. The first-order valence-corrected chi connectivity index (χ1v) is 7.74. The zero-order chi connectivity index (χ0) is 18.3. The molecule has 1 rings (SSSR count). The van der Waals surface area contributed by atoms with Gasteiger partial charge in [-0.25, -0.2) is 4.79 Å². The number of ether oxygens (including phenoxy) is 2. The maximum absolute atomic E-state index is 10.5. The molecule has 0 aromatic rings. The van der Waals surface area contributed by atoms with E-state index in [9.17, 15) is 20.1 Å². The summed E-state index contributed by atoms with van der Waals surface area (Å²) in [5.41, 5.74) is 1.59. The average molecular weight is 346 g/mol. The quantitative estimate of drug-likeness (QED) is 0.295. The zero-order valence-corrected chi connectivity index (χ0v) is 13.8. The molecule has 0 unspecified atom stereocenters. The van der Waals surface area contributed by atoms with Crippen LogP contribution in [0.15, 0.2) is 23.3 Å². The topological polar surface area (TPSA) is 137 Å². The lowest BCUT2D eigenvalue weighted by molar-refractivity contribution is -0.299. The van der Waals surface area contributed by atoms with Crippen molar-refractivity contribution in [1.29, 1.82) is 0 Å². The lowest BCUT2D eigenvalue weighted by Crippen LogP contribution is -2.59. The van der Waals surface area contributed by atoms with Gasteiger partial charge in [-0.05, 0) is 26.7 Å². The molecule has 5 N–H and O–H groups in total. The van der Waals surface area contributed by atoms with Crippen LogP contribution in [0.3, 0.4) is 0 Å². The molecule has 0 amide bonds. The smallest absolute Gasteiger partial charge is 0.328 e. The van der Waals surface area contributed by atoms with Gasteiger partial charge >= 0.3 is 5.97 Å². The first kappa shape index (κ1) is 20.8. The molecule has 24 heavy (non-hydrogen) atoms. The molecule has 0 aromatic heterocycles. The van der Waals surface area contributed by atoms with Gasteiger partial charge < -0.3 is 35.0 Å². The molecule has 1 heterocycles. The van der Waals surface area contributed by atoms with E-state index in [1.807, 2.05) is 6.08 Å². The van der Waals surface area contributed by atoms with Crippen molar-refractivity contribution in [2.45, 2.75) is 57.4 Å². The predicted octanol–water partition coefficient (Wildman–Crippen LogP) is -0.440. The summed E-state index contributed by atoms with van der Waals surface area (Å²) in [6, 6.07) is 0. The number of hydrogen-bond donors (Lipinski definition) is 5. The highest BCUT2D eigenvalue weighted by molar-refractivity contribution is 5.80. The van der Waals surface area contributed by atoms with E-state index in [-0.39, 0.29) is 6.61 Å². The highest BCUT2D eigenvalue weighted by Crippen LogP contribution is 2.22. The minimum atomic E-state index is -1.46. The van der Waals surface area contributed by atoms with Crippen LogP contribution in [0.1, 0.15) is 26.7 Å². The monoisotopic (exact) mass is 346 g/mol. The van der Waals surface area contributed by atoms with Crippen molar-refractivity contribution in [2.75, 3.05) is 13.2 Å². The molecule has 1 aliphatic heterocycles. The number of rotatable bonds is 8. The minimum Gasteiger partial charge on any atom is -0.478 e. The normalized spacial score (nSPS) is 32.0. The zero-order valence-electron chi connectivity index (χ0n) is 13.8. The molecule has 5 atom stereocenters. The van der Waals surface area contributed by atoms with Crippen molar-refractivity contribution in [1.82, 2.24) is 0 Å². The van der Waals surface area contributed by atoms with Crippen LogP contribution in [0.2, 0.25) is 0 Å². The van der Waals surface area contributed by atoms with Crippen LogP contribution in [0.25, 0.3) is 0 Å². The van der Waals surface area contributed by atoms with Gasteiger partial charge in [-0.2, -0.15) is 0 Å². The van der Waals surface area contributed by atoms with Crippen molar-refractivity contribution in [3.05, 3.63) is 23.3 Å². The molecule has 0 saturated carbocycles. The van der Waals surface area contributed by atoms with Crippen LogP contribution >= 0.6 is 0 Å². The second kappa shape index (κ2) is 9.87. The van der Waals surface area contributed by atoms with E-state index in [0.717, 1.165) is 17.2 Å². The summed E-state index contributed by atoms with van der Waals surface area (Å²) in [5, 5.41) is 46.9. The summed E-state index contributed by atoms with van der Waals surface area (Å²) in [7, 11) is 0. The van der Waals surface area contributed by atoms with Crippen molar-refractivity contribution in [3.8, 4) is 0 Å². The standard InChI is InChI=1S/C16H26O8/c1-9(6-12(18)19)4-3-5-10(2)8-23-16-15(22)14(21)13(20)11(7-17)24-16/h5-6,11,13-17,20-22H,3-4,7-8H2,1-2H3,(H,18,19)/t11-,13-,14+,15-,16-/m1/s1. The molecule has 1 aliphatic rings. The van der Waals surface area contributed by atoms with Crippen LogP contribution in [-0.2, 0) is 14.3 Å². The summed E-state index contributed by atoms with van der Waals surface area (Å²) in [4.78, 5) is 10.5. The Kier molecular flexibility index (Phi) is 8.54. The fourth-order valence-corrected chi connectivity index (χ4v) is 2.31. The van der Waals surface area contributed by atoms with Crippen LogP contribution < -0.4 is 0 Å². The van der Waals surface area contributed by atoms with Gasteiger partial charge in [0.1, 0.15) is 24.4 Å². The maximum atomic E-state index is 10.5. The Morgan fingerprint density at radius 3 is 2.38 bits per heavy atom. The van der Waals surface area contributed by atoms with E-state index < -0.39 is 43.3 Å². The largest absolute Gasteiger partial charge is 0.478 e. The molecule has 0 aliphatic carbocycles. The number of aliphatic hydroxyl groups excluding tert-OH is 4. The van der Waals surface area contributed by atoms with E-state index in [1.54, 1.807) is 13.8 Å². The second-order valence-electron chi connectivity index (χ2n) is 5.93. The maximum Gasteiger partial charge on any atom is 0.328 e. The lowest BCUT2D eigenvalue weighted by atomic mass is 9.99. The third-order valence-corrected chi connectivity index (χ3v) is 3.73. The minimum absolute atomic E-state index is 0.129. The van der Waals surface area contributed by atoms with Gasteiger partial charge in [-0.15, -0.1) is 0 Å². The highest BCUT2D eigenvalue weighted by atomic mass is 16.7. The molecule has 0 radical (unpaired) electrons. The molecule has 1 saturated heterocycles. The van der Waals surface area contributed by atoms with E-state index in [0.29, 0.717) is 12.8 Å². The first-order valence-electron chi connectivity index (χ1n) is 7.74. The summed E-state index contributed by atoms with van der Waals surface area (Å²) in [6.45, 7) is 3.17. The van der Waals surface area contributed by atoms with Crippen LogP contribution in [0.5, 0.6) is 0 Å². The summed E-state index contributed by atoms with van der Waals surface area (Å²) in [6.07, 6.45) is -2.17. The van der Waals surface area contributed by atoms with Crippen molar-refractivity contribution in [2.24, 2.45) is 0 Å². The van der Waals surface area contributed by atoms with E-state index in [4.69, 9.17) is 19.7 Å². The Balaban J connectivity index is 2.46. The molecule has 8 nitrogen and oxygen atoms in total. The number of aliphatic carboxylic acids is 1. The third kappa shape index (κ3) is 6.31. The highest BCUT2D eigenvalue weighted by Gasteiger charge is 2.43. The van der Waals surface area contributed by atoms with Gasteiger partial charge in [0.15, 0.2) is 6.29 Å². The first-order chi connectivity index (χ1) is 11.3. The second-order valence-corrected chi connectivity index (χ2v) is 5.93. The SMILES string of the molecule is CC(=CC(=O)O)CCC=C(C)CO[C@@H]1O[C@H](CO)[C@@H](O)[C@H](O)[C@H]1O. The summed E-state index contributed by atoms with van der Waals surface area (Å²) in [5.74, 6) is -0.973. The summed E-state index contributed by atoms with van der Waals surface area (Å²) >= 11 is 0. The molecule has 138 valence electrons. The molecular formula is C16H26O8. The van der Waals surface area contributed by atoms with E-state index in [2.05, 4.69) is 0 Å². The van der Waals surface area contributed by atoms with Crippen molar-refractivity contribution < 1.29 is 39.8 Å². The Morgan fingerprint density at radius 1 is 1.12 bits per heavy atom. The predicted molar refractivity (Wildman–Crippen MR) is 84.1 cm³/mol. The Labute approximate surface area is 140 Å². The number of carboxylic acids is 1. The molecule has 0 bridgehead atoms. The molecule has 0 spiro atoms. The third-order valence-electron chi connectivity index (χ3n) is 3.73. The number of aliphatic hydroxyl groups is 4. The van der Waals surface area contributed by atoms with Crippen LogP contribution in [0, 0.1) is 0 Å². The fraction of sp³-hybridized carbons (Fsp3) is 0.688. The number of hydrogen-bond acceptors (Lipinski definition) is 7. The Hall–Kier alpha value is -1.29. The summed E-state index contributed by atoms with van der Waals surface area (Å²) < 4.78 is 10.6. The van der Waals surface area contributed by atoms with Gasteiger partial charge in [0.2, 0.25) is 0 Å². The van der Waals surface area contributed by atoms with Crippen LogP contribution in [-0.4, -0.2) is 75.4 Å². The fourth-order valence-electron chi connectivity index (χ4n) is 2.31. The number of carbonyl (C=O) groups is 1. The molecule has 1 fully saturated rings. The number of carboxylic acid groups (broad SMARTS) is 1.